The quantitative estimate of drug-likeness (QED) is 0.554. The molecule has 2 unspecified atom stereocenters. The van der Waals surface area contributed by atoms with Gasteiger partial charge < -0.3 is 9.84 Å². The van der Waals surface area contributed by atoms with Crippen LogP contribution in [0.4, 0.5) is 43.9 Å². The van der Waals surface area contributed by atoms with E-state index in [0.717, 1.165) is 0 Å². The third kappa shape index (κ3) is 8.10. The van der Waals surface area contributed by atoms with E-state index in [-0.39, 0.29) is 0 Å². The van der Waals surface area contributed by atoms with Crippen LogP contribution in [0.5, 0.6) is 0 Å². The monoisotopic (exact) mass is 398 g/mol. The summed E-state index contributed by atoms with van der Waals surface area (Å²) in [4.78, 5) is 11.2. The second-order valence-electron chi connectivity index (χ2n) is 5.30. The fraction of sp³-hybridized carbons (Fsp3) is 0.917. The number of carbonyl (C=O) groups is 1. The zero-order valence-electron chi connectivity index (χ0n) is 13.1. The van der Waals surface area contributed by atoms with Crippen molar-refractivity contribution in [3.63, 3.8) is 0 Å². The summed E-state index contributed by atoms with van der Waals surface area (Å²) in [6.45, 7) is 2.77. The predicted molar refractivity (Wildman–Crippen MR) is 64.1 cm³/mol. The molecule has 0 aromatic heterocycles. The summed E-state index contributed by atoms with van der Waals surface area (Å²) in [6.07, 6.45) is -17.6. The van der Waals surface area contributed by atoms with Gasteiger partial charge in [0.15, 0.2) is 0 Å². The second kappa shape index (κ2) is 8.90. The number of carbonyl (C=O) groups excluding carboxylic acids is 1. The summed E-state index contributed by atoms with van der Waals surface area (Å²) in [5.41, 5.74) is -1.03. The minimum Gasteiger partial charge on any atom is -0.449 e. The first-order chi connectivity index (χ1) is 10.8. The van der Waals surface area contributed by atoms with Crippen LogP contribution in [-0.4, -0.2) is 48.5 Å². The number of halogens is 10. The summed E-state index contributed by atoms with van der Waals surface area (Å²) < 4.78 is 119. The second-order valence-corrected chi connectivity index (χ2v) is 5.30. The van der Waals surface area contributed by atoms with Crippen molar-refractivity contribution in [1.29, 1.82) is 0 Å². The molecule has 0 rings (SSSR count). The van der Waals surface area contributed by atoms with Crippen LogP contribution >= 0.6 is 0 Å². The molecule has 0 saturated carbocycles. The molecule has 0 radical (unpaired) electrons. The van der Waals surface area contributed by atoms with E-state index >= 15 is 0 Å². The number of ether oxygens (including phenoxy) is 1. The zero-order valence-corrected chi connectivity index (χ0v) is 13.1. The summed E-state index contributed by atoms with van der Waals surface area (Å²) in [6, 6.07) is 0. The van der Waals surface area contributed by atoms with Gasteiger partial charge in [0.2, 0.25) is 6.10 Å². The Morgan fingerprint density at radius 3 is 1.60 bits per heavy atom. The molecule has 0 amide bonds. The molecule has 0 fully saturated rings. The molecule has 0 bridgehead atoms. The summed E-state index contributed by atoms with van der Waals surface area (Å²) in [5, 5.41) is 7.39. The maximum Gasteiger partial charge on any atom is 0.454 e. The highest BCUT2D eigenvalue weighted by atomic mass is 19.4. The third-order valence-electron chi connectivity index (χ3n) is 2.88. The van der Waals surface area contributed by atoms with Crippen LogP contribution in [0, 0.1) is 5.41 Å². The van der Waals surface area contributed by atoms with E-state index in [0.29, 0.717) is 6.42 Å². The van der Waals surface area contributed by atoms with Crippen LogP contribution in [0.2, 0.25) is 0 Å². The Bertz CT molecular complexity index is 414. The molecule has 0 aromatic rings. The Morgan fingerprint density at radius 2 is 1.44 bits per heavy atom. The van der Waals surface area contributed by atoms with Crippen LogP contribution in [0.1, 0.15) is 27.2 Å². The Labute approximate surface area is 135 Å². The van der Waals surface area contributed by atoms with E-state index in [4.69, 9.17) is 5.11 Å². The van der Waals surface area contributed by atoms with Crippen LogP contribution in [0.25, 0.3) is 0 Å². The standard InChI is InChI=1S/C9H14F4O2.C3H2F6O/c1-4-8(2,3)7(14)15-6(5-10)9(11,12)13;4-1(5)2(6,10)3(7,8)9/h6H,4-5H2,1-3H3;1,10H. The number of alkyl halides is 10. The molecule has 0 heterocycles. The predicted octanol–water partition coefficient (Wildman–Crippen LogP) is 4.34. The largest absolute Gasteiger partial charge is 0.454 e. The summed E-state index contributed by atoms with van der Waals surface area (Å²) >= 11 is 0. The van der Waals surface area contributed by atoms with E-state index < -0.39 is 48.8 Å². The Hall–Kier alpha value is -1.27. The summed E-state index contributed by atoms with van der Waals surface area (Å²) in [5.74, 6) is -6.43. The van der Waals surface area contributed by atoms with Gasteiger partial charge in [0, 0.05) is 0 Å². The van der Waals surface area contributed by atoms with Crippen LogP contribution in [0.15, 0.2) is 0 Å². The van der Waals surface area contributed by atoms with Crippen molar-refractivity contribution in [2.24, 2.45) is 5.41 Å². The van der Waals surface area contributed by atoms with Gasteiger partial charge in [0.1, 0.15) is 6.67 Å². The van der Waals surface area contributed by atoms with Crippen molar-refractivity contribution in [3.8, 4) is 0 Å². The van der Waals surface area contributed by atoms with Gasteiger partial charge >= 0.3 is 30.6 Å². The molecule has 0 aliphatic carbocycles. The van der Waals surface area contributed by atoms with Crippen molar-refractivity contribution in [2.75, 3.05) is 6.67 Å². The Balaban J connectivity index is 0. The number of esters is 1. The molecule has 0 aliphatic heterocycles. The first kappa shape index (κ1) is 26.0. The lowest BCUT2D eigenvalue weighted by molar-refractivity contribution is -0.352. The molecule has 0 saturated heterocycles. The van der Waals surface area contributed by atoms with E-state index in [1.165, 1.54) is 13.8 Å². The zero-order chi connectivity index (χ0) is 20.9. The minimum atomic E-state index is -5.94. The normalized spacial score (nSPS) is 16.6. The Kier molecular flexibility index (Phi) is 9.24. The maximum atomic E-state index is 12.1. The molecule has 13 heteroatoms. The van der Waals surface area contributed by atoms with Crippen LogP contribution < -0.4 is 0 Å². The number of rotatable bonds is 5. The fourth-order valence-electron chi connectivity index (χ4n) is 0.743. The average Bonchev–Trinajstić information content (AvgIpc) is 2.42. The van der Waals surface area contributed by atoms with E-state index in [1.54, 1.807) is 6.92 Å². The Morgan fingerprint density at radius 1 is 1.04 bits per heavy atom. The SMILES string of the molecule is CCC(C)(C)C(=O)OC(CF)C(F)(F)F.OC(F)(C(F)F)C(F)(F)F. The third-order valence-corrected chi connectivity index (χ3v) is 2.88. The molecule has 152 valence electrons. The van der Waals surface area contributed by atoms with Gasteiger partial charge in [0.05, 0.1) is 5.41 Å². The highest BCUT2D eigenvalue weighted by Crippen LogP contribution is 2.36. The highest BCUT2D eigenvalue weighted by molar-refractivity contribution is 5.76. The lowest BCUT2D eigenvalue weighted by atomic mass is 9.90. The topological polar surface area (TPSA) is 46.5 Å². The van der Waals surface area contributed by atoms with E-state index in [2.05, 4.69) is 4.74 Å². The number of aliphatic hydroxyl groups is 1. The fourth-order valence-corrected chi connectivity index (χ4v) is 0.743. The van der Waals surface area contributed by atoms with Crippen LogP contribution in [-0.2, 0) is 9.53 Å². The number of hydrogen-bond acceptors (Lipinski definition) is 3. The van der Waals surface area contributed by atoms with Crippen molar-refractivity contribution in [2.45, 2.75) is 57.9 Å². The molecular formula is C12H16F10O3. The van der Waals surface area contributed by atoms with Crippen molar-refractivity contribution in [1.82, 2.24) is 0 Å². The lowest BCUT2D eigenvalue weighted by Crippen LogP contribution is -2.47. The molecule has 0 spiro atoms. The summed E-state index contributed by atoms with van der Waals surface area (Å²) in [7, 11) is 0. The highest BCUT2D eigenvalue weighted by Gasteiger charge is 2.62. The molecule has 0 aromatic carbocycles. The first-order valence-corrected chi connectivity index (χ1v) is 6.44. The van der Waals surface area contributed by atoms with Gasteiger partial charge in [-0.3, -0.25) is 4.79 Å². The van der Waals surface area contributed by atoms with Crippen molar-refractivity contribution < 1.29 is 58.5 Å². The van der Waals surface area contributed by atoms with Gasteiger partial charge in [-0.2, -0.15) is 30.7 Å². The average molecular weight is 398 g/mol. The first-order valence-electron chi connectivity index (χ1n) is 6.44. The molecule has 1 N–H and O–H groups in total. The van der Waals surface area contributed by atoms with Crippen LogP contribution in [0.3, 0.4) is 0 Å². The van der Waals surface area contributed by atoms with Gasteiger partial charge in [0.25, 0.3) is 0 Å². The van der Waals surface area contributed by atoms with E-state index in [1.807, 2.05) is 0 Å². The minimum absolute atomic E-state index is 0.322. The molecule has 25 heavy (non-hydrogen) atoms. The van der Waals surface area contributed by atoms with Crippen molar-refractivity contribution in [3.05, 3.63) is 0 Å². The number of hydrogen-bond donors (Lipinski definition) is 1. The lowest BCUT2D eigenvalue weighted by Gasteiger charge is -2.25. The van der Waals surface area contributed by atoms with Gasteiger partial charge in [-0.15, -0.1) is 0 Å². The molecule has 2 atom stereocenters. The van der Waals surface area contributed by atoms with Gasteiger partial charge in [-0.25, -0.2) is 13.2 Å². The molecule has 3 nitrogen and oxygen atoms in total. The smallest absolute Gasteiger partial charge is 0.449 e. The molecule has 0 aliphatic rings. The van der Waals surface area contributed by atoms with Gasteiger partial charge in [-0.1, -0.05) is 6.92 Å². The van der Waals surface area contributed by atoms with Gasteiger partial charge in [-0.05, 0) is 20.3 Å². The molecular weight excluding hydrogens is 382 g/mol. The van der Waals surface area contributed by atoms with Crippen molar-refractivity contribution >= 4 is 5.97 Å². The van der Waals surface area contributed by atoms with E-state index in [9.17, 15) is 48.7 Å². The maximum absolute atomic E-state index is 12.1.